The van der Waals surface area contributed by atoms with Gasteiger partial charge in [-0.05, 0) is 25.2 Å². The fourth-order valence-corrected chi connectivity index (χ4v) is 3.02. The van der Waals surface area contributed by atoms with E-state index in [2.05, 4.69) is 29.5 Å². The van der Waals surface area contributed by atoms with E-state index in [1.54, 1.807) is 7.11 Å². The van der Waals surface area contributed by atoms with E-state index in [1.807, 2.05) is 0 Å². The lowest BCUT2D eigenvalue weighted by Gasteiger charge is -2.40. The highest BCUT2D eigenvalue weighted by molar-refractivity contribution is 7.18. The number of carbonyl (C=O) groups is 1. The summed E-state index contributed by atoms with van der Waals surface area (Å²) in [6.45, 7) is 5.55. The summed E-state index contributed by atoms with van der Waals surface area (Å²) in [5.74, 6) is 0.613. The van der Waals surface area contributed by atoms with Crippen LogP contribution in [0.1, 0.15) is 42.8 Å². The second-order valence-corrected chi connectivity index (χ2v) is 6.93. The van der Waals surface area contributed by atoms with Crippen LogP contribution >= 0.6 is 11.3 Å². The molecule has 21 heavy (non-hydrogen) atoms. The van der Waals surface area contributed by atoms with Gasteiger partial charge in [-0.3, -0.25) is 4.79 Å². The Morgan fingerprint density at radius 3 is 2.76 bits per heavy atom. The van der Waals surface area contributed by atoms with Crippen LogP contribution in [-0.2, 0) is 4.74 Å². The number of nitrogens with zero attached hydrogens (tertiary/aromatic N) is 1. The maximum atomic E-state index is 12.2. The van der Waals surface area contributed by atoms with Crippen molar-refractivity contribution in [3.05, 3.63) is 4.88 Å². The van der Waals surface area contributed by atoms with Crippen LogP contribution in [0.25, 0.3) is 0 Å². The summed E-state index contributed by atoms with van der Waals surface area (Å²) in [5.41, 5.74) is 5.65. The van der Waals surface area contributed by atoms with Gasteiger partial charge in [0.05, 0.1) is 5.60 Å². The third-order valence-electron chi connectivity index (χ3n) is 3.79. The number of anilines is 2. The van der Waals surface area contributed by atoms with E-state index in [0.717, 1.165) is 25.8 Å². The van der Waals surface area contributed by atoms with Gasteiger partial charge in [-0.15, -0.1) is 0 Å². The highest BCUT2D eigenvalue weighted by atomic mass is 32.1. The Hall–Kier alpha value is -1.34. The zero-order valence-electron chi connectivity index (χ0n) is 12.9. The average molecular weight is 312 g/mol. The summed E-state index contributed by atoms with van der Waals surface area (Å²) < 4.78 is 5.49. The first kappa shape index (κ1) is 16.0. The molecule has 1 heterocycles. The van der Waals surface area contributed by atoms with Gasteiger partial charge in [-0.2, -0.15) is 0 Å². The van der Waals surface area contributed by atoms with E-state index in [-0.39, 0.29) is 17.3 Å². The number of carbonyl (C=O) groups excluding carboxylic acids is 1. The number of hydrogen-bond donors (Lipinski definition) is 3. The van der Waals surface area contributed by atoms with Gasteiger partial charge in [0.1, 0.15) is 10.7 Å². The monoisotopic (exact) mass is 312 g/mol. The zero-order chi connectivity index (χ0) is 15.5. The largest absolute Gasteiger partial charge is 0.382 e. The predicted octanol–water partition coefficient (Wildman–Crippen LogP) is 2.09. The Morgan fingerprint density at radius 2 is 2.24 bits per heavy atom. The molecule has 1 aliphatic carbocycles. The zero-order valence-corrected chi connectivity index (χ0v) is 13.7. The van der Waals surface area contributed by atoms with Crippen molar-refractivity contribution in [1.29, 1.82) is 0 Å². The average Bonchev–Trinajstić information content (AvgIpc) is 2.77. The van der Waals surface area contributed by atoms with Crippen molar-refractivity contribution < 1.29 is 9.53 Å². The smallest absolute Gasteiger partial charge is 0.265 e. The first-order chi connectivity index (χ1) is 9.96. The highest BCUT2D eigenvalue weighted by Gasteiger charge is 2.37. The minimum Gasteiger partial charge on any atom is -0.382 e. The Bertz CT molecular complexity index is 492. The molecule has 1 saturated carbocycles. The summed E-state index contributed by atoms with van der Waals surface area (Å²) in [6, 6.07) is 0. The van der Waals surface area contributed by atoms with Gasteiger partial charge in [0.2, 0.25) is 0 Å². The Balaban J connectivity index is 1.92. The minimum atomic E-state index is -0.187. The molecule has 0 bridgehead atoms. The molecule has 0 spiro atoms. The van der Waals surface area contributed by atoms with Crippen molar-refractivity contribution in [3.63, 3.8) is 0 Å². The molecule has 0 aliphatic heterocycles. The van der Waals surface area contributed by atoms with Crippen LogP contribution in [0.3, 0.4) is 0 Å². The molecule has 4 N–H and O–H groups in total. The SMILES string of the molecule is COC1(CNC(=O)c2sc(NCC(C)C)nc2N)CCC1. The van der Waals surface area contributed by atoms with Crippen LogP contribution in [0, 0.1) is 5.92 Å². The summed E-state index contributed by atoms with van der Waals surface area (Å²) >= 11 is 1.29. The molecular formula is C14H24N4O2S. The molecule has 0 radical (unpaired) electrons. The number of nitrogens with two attached hydrogens (primary N) is 1. The first-order valence-electron chi connectivity index (χ1n) is 7.29. The summed E-state index contributed by atoms with van der Waals surface area (Å²) in [5, 5.41) is 6.79. The maximum absolute atomic E-state index is 12.2. The Kier molecular flexibility index (Phi) is 5.05. The van der Waals surface area contributed by atoms with Crippen molar-refractivity contribution in [2.24, 2.45) is 5.92 Å². The van der Waals surface area contributed by atoms with Crippen LogP contribution in [0.2, 0.25) is 0 Å². The fourth-order valence-electron chi connectivity index (χ4n) is 2.21. The minimum absolute atomic E-state index is 0.175. The highest BCUT2D eigenvalue weighted by Crippen LogP contribution is 2.34. The molecule has 0 aromatic carbocycles. The number of thiazole rings is 1. The molecule has 0 saturated heterocycles. The van der Waals surface area contributed by atoms with Crippen LogP contribution in [-0.4, -0.2) is 36.7 Å². The molecule has 1 fully saturated rings. The number of aromatic nitrogens is 1. The van der Waals surface area contributed by atoms with E-state index in [9.17, 15) is 4.79 Å². The molecule has 1 aromatic rings. The van der Waals surface area contributed by atoms with Gasteiger partial charge in [0.15, 0.2) is 5.13 Å². The van der Waals surface area contributed by atoms with Crippen molar-refractivity contribution in [2.75, 3.05) is 31.2 Å². The van der Waals surface area contributed by atoms with Crippen molar-refractivity contribution in [3.8, 4) is 0 Å². The fraction of sp³-hybridized carbons (Fsp3) is 0.714. The summed E-state index contributed by atoms with van der Waals surface area (Å²) in [6.07, 6.45) is 3.13. The van der Waals surface area contributed by atoms with Gasteiger partial charge in [-0.25, -0.2) is 4.98 Å². The van der Waals surface area contributed by atoms with Crippen molar-refractivity contribution in [1.82, 2.24) is 10.3 Å². The topological polar surface area (TPSA) is 89.3 Å². The molecule has 0 unspecified atom stereocenters. The number of nitrogen functional groups attached to an aromatic ring is 1. The second kappa shape index (κ2) is 6.62. The quantitative estimate of drug-likeness (QED) is 0.717. The van der Waals surface area contributed by atoms with Gasteiger partial charge in [-0.1, -0.05) is 25.2 Å². The third-order valence-corrected chi connectivity index (χ3v) is 4.82. The molecule has 1 aliphatic rings. The summed E-state index contributed by atoms with van der Waals surface area (Å²) in [4.78, 5) is 16.9. The van der Waals surface area contributed by atoms with E-state index in [4.69, 9.17) is 10.5 Å². The number of methoxy groups -OCH3 is 1. The first-order valence-corrected chi connectivity index (χ1v) is 8.11. The van der Waals surface area contributed by atoms with Gasteiger partial charge in [0, 0.05) is 20.2 Å². The molecule has 2 rings (SSSR count). The summed E-state index contributed by atoms with van der Waals surface area (Å²) in [7, 11) is 1.69. The maximum Gasteiger partial charge on any atom is 0.265 e. The van der Waals surface area contributed by atoms with Crippen molar-refractivity contribution >= 4 is 28.2 Å². The van der Waals surface area contributed by atoms with Crippen LogP contribution in [0.5, 0.6) is 0 Å². The van der Waals surface area contributed by atoms with Crippen molar-refractivity contribution in [2.45, 2.75) is 38.7 Å². The van der Waals surface area contributed by atoms with E-state index < -0.39 is 0 Å². The number of amides is 1. The van der Waals surface area contributed by atoms with Gasteiger partial charge in [0.25, 0.3) is 5.91 Å². The van der Waals surface area contributed by atoms with Crippen LogP contribution < -0.4 is 16.4 Å². The molecular weight excluding hydrogens is 288 g/mol. The molecule has 6 nitrogen and oxygen atoms in total. The molecule has 1 aromatic heterocycles. The molecule has 0 atom stereocenters. The normalized spacial score (nSPS) is 16.6. The van der Waals surface area contributed by atoms with Gasteiger partial charge < -0.3 is 21.1 Å². The lowest BCUT2D eigenvalue weighted by Crippen LogP contribution is -2.49. The molecule has 7 heteroatoms. The Morgan fingerprint density at radius 1 is 1.52 bits per heavy atom. The number of ether oxygens (including phenoxy) is 1. The van der Waals surface area contributed by atoms with E-state index in [1.165, 1.54) is 11.3 Å². The van der Waals surface area contributed by atoms with E-state index in [0.29, 0.717) is 22.5 Å². The number of nitrogens with one attached hydrogen (secondary N) is 2. The van der Waals surface area contributed by atoms with Crippen LogP contribution in [0.4, 0.5) is 10.9 Å². The van der Waals surface area contributed by atoms with E-state index >= 15 is 0 Å². The molecule has 118 valence electrons. The van der Waals surface area contributed by atoms with Gasteiger partial charge >= 0.3 is 0 Å². The Labute approximate surface area is 129 Å². The number of rotatable bonds is 7. The second-order valence-electron chi connectivity index (χ2n) is 5.93. The van der Waals surface area contributed by atoms with Crippen LogP contribution in [0.15, 0.2) is 0 Å². The predicted molar refractivity (Wildman–Crippen MR) is 85.8 cm³/mol. The lowest BCUT2D eigenvalue weighted by molar-refractivity contribution is -0.0679. The molecule has 1 amide bonds. The third kappa shape index (κ3) is 3.85. The number of hydrogen-bond acceptors (Lipinski definition) is 6. The standard InChI is InChI=1S/C14H24N4O2S/c1-9(2)7-16-13-18-11(15)10(21-13)12(19)17-8-14(20-3)5-4-6-14/h9H,4-8,15H2,1-3H3,(H,16,18)(H,17,19). The lowest BCUT2D eigenvalue weighted by atomic mass is 9.80.